The van der Waals surface area contributed by atoms with Gasteiger partial charge in [0.15, 0.2) is 0 Å². The Bertz CT molecular complexity index is 307. The molecule has 4 atom stereocenters. The van der Waals surface area contributed by atoms with E-state index in [9.17, 15) is 0 Å². The first-order chi connectivity index (χ1) is 7.40. The predicted molar refractivity (Wildman–Crippen MR) is 69.1 cm³/mol. The molecule has 4 unspecified atom stereocenters. The Hall–Kier alpha value is -0.480. The highest BCUT2D eigenvalue weighted by Crippen LogP contribution is 2.62. The van der Waals surface area contributed by atoms with Crippen LogP contribution < -0.4 is 5.32 Å². The summed E-state index contributed by atoms with van der Waals surface area (Å²) in [5.74, 6) is 3.67. The van der Waals surface area contributed by atoms with E-state index in [1.165, 1.54) is 19.3 Å². The average molecular weight is 219 g/mol. The quantitative estimate of drug-likeness (QED) is 0.719. The third-order valence-electron chi connectivity index (χ3n) is 5.14. The first kappa shape index (κ1) is 12.0. The number of hydrogen-bond acceptors (Lipinski definition) is 1. The van der Waals surface area contributed by atoms with E-state index in [4.69, 9.17) is 6.42 Å². The van der Waals surface area contributed by atoms with Gasteiger partial charge in [-0.3, -0.25) is 0 Å². The Morgan fingerprint density at radius 1 is 1.44 bits per heavy atom. The van der Waals surface area contributed by atoms with E-state index in [2.05, 4.69) is 38.9 Å². The van der Waals surface area contributed by atoms with Crippen molar-refractivity contribution >= 4 is 0 Å². The smallest absolute Gasteiger partial charge is 0.0238 e. The zero-order valence-corrected chi connectivity index (χ0v) is 11.1. The van der Waals surface area contributed by atoms with E-state index < -0.39 is 0 Å². The van der Waals surface area contributed by atoms with Crippen molar-refractivity contribution in [2.45, 2.75) is 65.5 Å². The summed E-state index contributed by atoms with van der Waals surface area (Å²) in [6.07, 6.45) is 10.4. The van der Waals surface area contributed by atoms with Gasteiger partial charge in [-0.1, -0.05) is 20.8 Å². The maximum Gasteiger partial charge on any atom is 0.0238 e. The Labute approximate surface area is 100 Å². The van der Waals surface area contributed by atoms with Gasteiger partial charge in [0.25, 0.3) is 0 Å². The lowest BCUT2D eigenvalue weighted by Gasteiger charge is -2.44. The molecule has 1 nitrogen and oxygen atoms in total. The summed E-state index contributed by atoms with van der Waals surface area (Å²) >= 11 is 0. The minimum absolute atomic E-state index is 0.440. The summed E-state index contributed by atoms with van der Waals surface area (Å²) in [6.45, 7) is 9.54. The zero-order valence-electron chi connectivity index (χ0n) is 11.1. The van der Waals surface area contributed by atoms with E-state index in [1.807, 2.05) is 0 Å². The lowest BCUT2D eigenvalue weighted by atomic mass is 9.68. The van der Waals surface area contributed by atoms with Gasteiger partial charge in [0, 0.05) is 18.5 Å². The molecule has 0 aromatic rings. The van der Waals surface area contributed by atoms with Crippen LogP contribution in [0.15, 0.2) is 0 Å². The zero-order chi connectivity index (χ0) is 12.0. The van der Waals surface area contributed by atoms with E-state index in [-0.39, 0.29) is 0 Å². The SMILES string of the molecule is C#CCC(C)NC1C2(C)CCC(C2)C1(C)C. The molecule has 90 valence electrons. The third kappa shape index (κ3) is 1.68. The standard InChI is InChI=1S/C15H25N/c1-6-7-11(2)16-13-14(3,4)12-8-9-15(13,5)10-12/h1,11-13,16H,7-10H2,2-5H3. The van der Waals surface area contributed by atoms with Crippen molar-refractivity contribution in [1.29, 1.82) is 0 Å². The van der Waals surface area contributed by atoms with Crippen molar-refractivity contribution in [2.24, 2.45) is 16.7 Å². The minimum atomic E-state index is 0.440. The van der Waals surface area contributed by atoms with Crippen LogP contribution in [0.4, 0.5) is 0 Å². The molecule has 0 saturated heterocycles. The van der Waals surface area contributed by atoms with Gasteiger partial charge in [0.2, 0.25) is 0 Å². The molecule has 0 radical (unpaired) electrons. The minimum Gasteiger partial charge on any atom is -0.309 e. The summed E-state index contributed by atoms with van der Waals surface area (Å²) in [4.78, 5) is 0. The lowest BCUT2D eigenvalue weighted by Crippen LogP contribution is -2.53. The molecule has 0 amide bonds. The summed E-state index contributed by atoms with van der Waals surface area (Å²) in [7, 11) is 0. The van der Waals surface area contributed by atoms with E-state index >= 15 is 0 Å². The largest absolute Gasteiger partial charge is 0.309 e. The fourth-order valence-corrected chi connectivity index (χ4v) is 4.24. The number of hydrogen-bond donors (Lipinski definition) is 1. The second-order valence-electron chi connectivity index (χ2n) is 6.82. The molecule has 2 aliphatic carbocycles. The van der Waals surface area contributed by atoms with Crippen LogP contribution in [-0.4, -0.2) is 12.1 Å². The Morgan fingerprint density at radius 3 is 2.62 bits per heavy atom. The van der Waals surface area contributed by atoms with E-state index in [0.717, 1.165) is 12.3 Å². The lowest BCUT2D eigenvalue weighted by molar-refractivity contribution is 0.101. The molecule has 1 heteroatoms. The van der Waals surface area contributed by atoms with Crippen LogP contribution in [0.3, 0.4) is 0 Å². The highest BCUT2D eigenvalue weighted by Gasteiger charge is 2.59. The van der Waals surface area contributed by atoms with Crippen molar-refractivity contribution in [3.63, 3.8) is 0 Å². The second-order valence-corrected chi connectivity index (χ2v) is 6.82. The molecule has 2 saturated carbocycles. The van der Waals surface area contributed by atoms with Crippen molar-refractivity contribution < 1.29 is 0 Å². The normalized spacial score (nSPS) is 41.9. The summed E-state index contributed by atoms with van der Waals surface area (Å²) in [5.41, 5.74) is 0.951. The highest BCUT2D eigenvalue weighted by molar-refractivity contribution is 5.12. The van der Waals surface area contributed by atoms with Crippen LogP contribution in [-0.2, 0) is 0 Å². The topological polar surface area (TPSA) is 12.0 Å². The predicted octanol–water partition coefficient (Wildman–Crippen LogP) is 3.20. The van der Waals surface area contributed by atoms with E-state index in [0.29, 0.717) is 22.9 Å². The molecular formula is C15H25N. The molecule has 2 aliphatic rings. The van der Waals surface area contributed by atoms with Crippen LogP contribution in [0.25, 0.3) is 0 Å². The van der Waals surface area contributed by atoms with Gasteiger partial charge in [-0.15, -0.1) is 12.3 Å². The summed E-state index contributed by atoms with van der Waals surface area (Å²) < 4.78 is 0. The Morgan fingerprint density at radius 2 is 2.12 bits per heavy atom. The maximum atomic E-state index is 5.39. The van der Waals surface area contributed by atoms with Crippen molar-refractivity contribution in [2.75, 3.05) is 0 Å². The van der Waals surface area contributed by atoms with Gasteiger partial charge in [-0.2, -0.15) is 0 Å². The molecule has 0 heterocycles. The van der Waals surface area contributed by atoms with Crippen molar-refractivity contribution in [3.05, 3.63) is 0 Å². The van der Waals surface area contributed by atoms with Gasteiger partial charge in [-0.05, 0) is 42.9 Å². The summed E-state index contributed by atoms with van der Waals surface area (Å²) in [5, 5.41) is 3.80. The molecule has 2 bridgehead atoms. The van der Waals surface area contributed by atoms with Crippen LogP contribution in [0.2, 0.25) is 0 Å². The van der Waals surface area contributed by atoms with Crippen LogP contribution in [0.1, 0.15) is 53.4 Å². The van der Waals surface area contributed by atoms with Gasteiger partial charge in [0.1, 0.15) is 0 Å². The highest BCUT2D eigenvalue weighted by atomic mass is 15.0. The monoisotopic (exact) mass is 219 g/mol. The Balaban J connectivity index is 2.11. The molecule has 16 heavy (non-hydrogen) atoms. The number of rotatable bonds is 3. The van der Waals surface area contributed by atoms with Crippen molar-refractivity contribution in [3.8, 4) is 12.3 Å². The fourth-order valence-electron chi connectivity index (χ4n) is 4.24. The summed E-state index contributed by atoms with van der Waals surface area (Å²) in [6, 6.07) is 1.09. The molecule has 0 spiro atoms. The molecule has 2 rings (SSSR count). The maximum absolute atomic E-state index is 5.39. The van der Waals surface area contributed by atoms with Crippen LogP contribution >= 0.6 is 0 Å². The number of terminal acetylenes is 1. The number of fused-ring (bicyclic) bond motifs is 2. The van der Waals surface area contributed by atoms with Gasteiger partial charge < -0.3 is 5.32 Å². The second kappa shape index (κ2) is 3.77. The molecule has 2 fully saturated rings. The molecule has 0 aliphatic heterocycles. The molecule has 1 N–H and O–H groups in total. The van der Waals surface area contributed by atoms with Crippen molar-refractivity contribution in [1.82, 2.24) is 5.32 Å². The van der Waals surface area contributed by atoms with Crippen LogP contribution in [0, 0.1) is 29.1 Å². The van der Waals surface area contributed by atoms with Gasteiger partial charge in [0.05, 0.1) is 0 Å². The fraction of sp³-hybridized carbons (Fsp3) is 0.867. The molecular weight excluding hydrogens is 194 g/mol. The number of nitrogens with one attached hydrogen (secondary N) is 1. The van der Waals surface area contributed by atoms with E-state index in [1.54, 1.807) is 0 Å². The molecule has 0 aromatic heterocycles. The first-order valence-corrected chi connectivity index (χ1v) is 6.59. The Kier molecular flexibility index (Phi) is 2.83. The average Bonchev–Trinajstić information content (AvgIpc) is 2.64. The van der Waals surface area contributed by atoms with Gasteiger partial charge >= 0.3 is 0 Å². The van der Waals surface area contributed by atoms with Crippen LogP contribution in [0.5, 0.6) is 0 Å². The molecule has 0 aromatic carbocycles. The van der Waals surface area contributed by atoms with Gasteiger partial charge in [-0.25, -0.2) is 0 Å². The first-order valence-electron chi connectivity index (χ1n) is 6.59. The third-order valence-corrected chi connectivity index (χ3v) is 5.14.